The summed E-state index contributed by atoms with van der Waals surface area (Å²) in [6.45, 7) is 2.16. The van der Waals surface area contributed by atoms with Gasteiger partial charge in [0, 0.05) is 66.1 Å². The van der Waals surface area contributed by atoms with E-state index in [9.17, 15) is 55.5 Å². The highest BCUT2D eigenvalue weighted by atomic mass is 16.7. The number of hydrogen-bond acceptors (Lipinski definition) is 20. The van der Waals surface area contributed by atoms with E-state index >= 15 is 0 Å². The number of carboxylic acids is 1. The van der Waals surface area contributed by atoms with Crippen molar-refractivity contribution in [3.63, 3.8) is 0 Å². The zero-order valence-electron chi connectivity index (χ0n) is 40.6. The fourth-order valence-electron chi connectivity index (χ4n) is 11.6. The van der Waals surface area contributed by atoms with Gasteiger partial charge in [0.1, 0.15) is 51.9 Å². The van der Waals surface area contributed by atoms with Gasteiger partial charge in [-0.3, -0.25) is 10.1 Å². The summed E-state index contributed by atoms with van der Waals surface area (Å²) in [6.07, 6.45) is -3.19. The van der Waals surface area contributed by atoms with Gasteiger partial charge in [-0.2, -0.15) is 0 Å². The highest BCUT2D eigenvalue weighted by Crippen LogP contribution is 2.61. The molecule has 17 N–H and O–H groups in total. The summed E-state index contributed by atoms with van der Waals surface area (Å²) in [5.74, 6) is -4.49. The van der Waals surface area contributed by atoms with E-state index in [2.05, 4.69) is 20.9 Å². The van der Waals surface area contributed by atoms with Gasteiger partial charge in [-0.25, -0.2) is 4.79 Å². The van der Waals surface area contributed by atoms with Gasteiger partial charge in [0.2, 0.25) is 18.3 Å². The second-order valence-corrected chi connectivity index (χ2v) is 19.8. The van der Waals surface area contributed by atoms with Gasteiger partial charge in [-0.05, 0) is 97.1 Å². The summed E-state index contributed by atoms with van der Waals surface area (Å²) in [5.41, 5.74) is 6.96. The molecule has 0 spiro atoms. The van der Waals surface area contributed by atoms with Crippen LogP contribution < -0.4 is 47.1 Å². The first-order valence-corrected chi connectivity index (χ1v) is 24.7. The Bertz CT molecular complexity index is 3140. The molecule has 10 atom stereocenters. The molecule has 5 aliphatic rings. The Labute approximate surface area is 428 Å². The van der Waals surface area contributed by atoms with Crippen molar-refractivity contribution < 1.29 is 74.1 Å². The van der Waals surface area contributed by atoms with Crippen molar-refractivity contribution in [2.75, 3.05) is 32.1 Å². The van der Waals surface area contributed by atoms with Crippen molar-refractivity contribution in [3.05, 3.63) is 129 Å². The van der Waals surface area contributed by atoms with Crippen LogP contribution in [0.15, 0.2) is 111 Å². The summed E-state index contributed by atoms with van der Waals surface area (Å²) < 4.78 is 30.7. The van der Waals surface area contributed by atoms with Gasteiger partial charge in [0.15, 0.2) is 34.7 Å². The van der Waals surface area contributed by atoms with Crippen LogP contribution in [0.1, 0.15) is 61.8 Å². The van der Waals surface area contributed by atoms with Crippen LogP contribution in [0, 0.1) is 11.3 Å². The van der Waals surface area contributed by atoms with Crippen LogP contribution >= 0.6 is 0 Å². The number of aliphatic hydroxyl groups is 6. The summed E-state index contributed by atoms with van der Waals surface area (Å²) >= 11 is 0. The number of anilines is 1. The fraction of sp³-hybridized carbons (Fsp3) is 0.396. The molecular weight excluding hydrogens is 977 g/mol. The zero-order chi connectivity index (χ0) is 53.1. The number of phenols is 2. The first-order chi connectivity index (χ1) is 35.9. The normalized spacial score (nSPS) is 27.3. The summed E-state index contributed by atoms with van der Waals surface area (Å²) in [6, 6.07) is 14.9. The molecule has 2 aliphatic carbocycles. The predicted molar refractivity (Wildman–Crippen MR) is 268 cm³/mol. The number of nitrogen functional groups attached to an aromatic ring is 1. The molecule has 1 saturated carbocycles. The molecule has 2 bridgehead atoms. The standard InChI is InChI=1S/C53H60N6O16/c1-2-25-15-27(17-29(61)16-25)48(67)74-45-37(20-36-41(44(45)64)34(62)19-35(72-36)26-5-7-30(8-6-26)71-38(23-60)43(63)32-9-10-39(54)59-32)73-50-52(69)21-31(51(12-3-4-13-51)28-11-14-57-40(55)18-28)42(33-22-56-24-58-33)53(70,49(52)68)46(75-50)47(65)66/h5-11,15-21,33,38,42-43,46,48-50,56-61,63-64,67-70H,2-4,12-14,22-24,54-55H2,1H3,(H,65,66). The number of phenolic OH excluding ortho intramolecular Hbond substituents is 2. The molecule has 5 heterocycles. The zero-order valence-corrected chi connectivity index (χ0v) is 40.6. The number of hydrogen-bond donors (Lipinski definition) is 15. The van der Waals surface area contributed by atoms with E-state index in [1.165, 1.54) is 48.5 Å². The minimum absolute atomic E-state index is 0.0181. The third-order valence-corrected chi connectivity index (χ3v) is 15.2. The number of benzene rings is 3. The number of ether oxygens (including phenoxy) is 4. The Kier molecular flexibility index (Phi) is 13.6. The number of aromatic hydroxyl groups is 2. The van der Waals surface area contributed by atoms with Crippen LogP contribution in [0.3, 0.4) is 0 Å². The molecule has 22 nitrogen and oxygen atoms in total. The monoisotopic (exact) mass is 1040 g/mol. The molecule has 0 amide bonds. The van der Waals surface area contributed by atoms with Gasteiger partial charge in [-0.1, -0.05) is 31.4 Å². The number of nitrogens with two attached hydrogens (primary N) is 2. The average molecular weight is 1040 g/mol. The van der Waals surface area contributed by atoms with E-state index in [1.807, 2.05) is 13.0 Å². The average Bonchev–Trinajstić information content (AvgIpc) is 4.31. The number of aromatic nitrogens is 1. The van der Waals surface area contributed by atoms with E-state index in [4.69, 9.17) is 34.8 Å². The van der Waals surface area contributed by atoms with Crippen molar-refractivity contribution in [1.29, 1.82) is 0 Å². The molecule has 2 aromatic heterocycles. The summed E-state index contributed by atoms with van der Waals surface area (Å²) in [7, 11) is 0. The maximum atomic E-state index is 14.1. The first kappa shape index (κ1) is 51.4. The molecule has 75 heavy (non-hydrogen) atoms. The quantitative estimate of drug-likeness (QED) is 0.0495. The summed E-state index contributed by atoms with van der Waals surface area (Å²) in [4.78, 5) is 30.5. The molecule has 0 radical (unpaired) electrons. The van der Waals surface area contributed by atoms with Gasteiger partial charge >= 0.3 is 5.97 Å². The van der Waals surface area contributed by atoms with Gasteiger partial charge < -0.3 is 96.4 Å². The lowest BCUT2D eigenvalue weighted by molar-refractivity contribution is -0.345. The predicted octanol–water partition coefficient (Wildman–Crippen LogP) is 1.86. The van der Waals surface area contributed by atoms with E-state index in [0.29, 0.717) is 66.5 Å². The topological polar surface area (TPSA) is 370 Å². The number of allylic oxidation sites excluding steroid dienone is 2. The number of aromatic amines is 1. The van der Waals surface area contributed by atoms with Crippen molar-refractivity contribution in [2.45, 2.75) is 93.3 Å². The molecule has 398 valence electrons. The lowest BCUT2D eigenvalue weighted by Crippen LogP contribution is -2.80. The number of carbonyl (C=O) groups is 1. The van der Waals surface area contributed by atoms with Crippen molar-refractivity contribution >= 4 is 22.8 Å². The fourth-order valence-corrected chi connectivity index (χ4v) is 11.6. The number of aliphatic hydroxyl groups excluding tert-OH is 4. The summed E-state index contributed by atoms with van der Waals surface area (Å²) in [5, 5.41) is 114. The largest absolute Gasteiger partial charge is 0.508 e. The molecule has 3 aliphatic heterocycles. The Hall–Kier alpha value is -7.12. The van der Waals surface area contributed by atoms with Crippen LogP contribution in [0.2, 0.25) is 0 Å². The van der Waals surface area contributed by atoms with E-state index in [0.717, 1.165) is 30.5 Å². The Morgan fingerprint density at radius 2 is 1.75 bits per heavy atom. The van der Waals surface area contributed by atoms with Gasteiger partial charge in [0.05, 0.1) is 12.4 Å². The Morgan fingerprint density at radius 3 is 2.40 bits per heavy atom. The molecule has 10 unspecified atom stereocenters. The lowest BCUT2D eigenvalue weighted by Gasteiger charge is -2.60. The number of aryl methyl sites for hydroxylation is 1. The van der Waals surface area contributed by atoms with Gasteiger partial charge in [-0.15, -0.1) is 0 Å². The molecule has 10 rings (SSSR count). The molecule has 3 aromatic carbocycles. The molecule has 3 fully saturated rings. The van der Waals surface area contributed by atoms with Crippen LogP contribution in [0.4, 0.5) is 5.82 Å². The third-order valence-electron chi connectivity index (χ3n) is 15.2. The van der Waals surface area contributed by atoms with Crippen molar-refractivity contribution in [3.8, 4) is 40.1 Å². The number of fused-ring (bicyclic) bond motifs is 3. The van der Waals surface area contributed by atoms with Crippen LogP contribution in [-0.4, -0.2) is 125 Å². The van der Waals surface area contributed by atoms with Crippen molar-refractivity contribution in [2.24, 2.45) is 17.1 Å². The minimum atomic E-state index is -2.77. The number of H-pyrrole nitrogens is 1. The number of dihydropyridines is 1. The maximum absolute atomic E-state index is 14.1. The molecular formula is C53H60N6O16. The Morgan fingerprint density at radius 1 is 0.987 bits per heavy atom. The number of carboxylic acid groups (broad SMARTS) is 1. The Balaban J connectivity index is 1.09. The van der Waals surface area contributed by atoms with Crippen LogP contribution in [0.25, 0.3) is 22.3 Å². The maximum Gasteiger partial charge on any atom is 0.336 e. The molecule has 5 aromatic rings. The third kappa shape index (κ3) is 9.00. The number of rotatable bonds is 16. The van der Waals surface area contributed by atoms with Crippen molar-refractivity contribution in [1.82, 2.24) is 20.9 Å². The van der Waals surface area contributed by atoms with E-state index in [-0.39, 0.29) is 35.0 Å². The SMILES string of the molecule is CCc1cc(O)cc(C(O)Oc2c(OC3OC(C(=O)O)C4(O)C(C5CNCN5)C(C5(C6=CCNC(N)=C6)CCCC5)=CC3(O)C4O)cc3oc(-c4ccc(OC(CO)C(O)c5ccc(N)[nH]5)cc4)cc(=O)c3c2O)c1. The number of aliphatic carboxylic acids is 1. The van der Waals surface area contributed by atoms with Gasteiger partial charge in [0.25, 0.3) is 0 Å². The lowest BCUT2D eigenvalue weighted by atomic mass is 9.53. The highest BCUT2D eigenvalue weighted by molar-refractivity contribution is 5.89. The molecule has 2 saturated heterocycles. The van der Waals surface area contributed by atoms with Crippen LogP contribution in [0.5, 0.6) is 28.7 Å². The smallest absolute Gasteiger partial charge is 0.336 e. The first-order valence-electron chi connectivity index (χ1n) is 24.7. The second kappa shape index (κ2) is 19.9. The molecule has 22 heteroatoms. The minimum Gasteiger partial charge on any atom is -0.508 e. The van der Waals surface area contributed by atoms with E-state index < -0.39 is 106 Å². The van der Waals surface area contributed by atoms with Crippen LogP contribution in [-0.2, 0) is 16.0 Å². The number of nitrogens with one attached hydrogen (secondary N) is 4. The van der Waals surface area contributed by atoms with E-state index in [1.54, 1.807) is 18.2 Å². The second-order valence-electron chi connectivity index (χ2n) is 19.8. The highest BCUT2D eigenvalue weighted by Gasteiger charge is 2.73.